The molecule has 15 heavy (non-hydrogen) atoms. The van der Waals surface area contributed by atoms with Crippen molar-refractivity contribution in [1.29, 1.82) is 0 Å². The molecular weight excluding hydrogens is 214 g/mol. The molecule has 0 atom stereocenters. The van der Waals surface area contributed by atoms with Crippen LogP contribution in [0.4, 0.5) is 0 Å². The largest absolute Gasteiger partial charge is 0.273 e. The molecule has 0 aliphatic heterocycles. The van der Waals surface area contributed by atoms with Crippen LogP contribution in [0.2, 0.25) is 5.02 Å². The highest BCUT2D eigenvalue weighted by Gasteiger charge is 2.05. The molecule has 0 unspecified atom stereocenters. The van der Waals surface area contributed by atoms with Crippen molar-refractivity contribution in [3.8, 4) is 11.4 Å². The number of halogens is 1. The zero-order valence-electron chi connectivity index (χ0n) is 7.55. The molecule has 5 nitrogen and oxygen atoms in total. The van der Waals surface area contributed by atoms with Crippen molar-refractivity contribution in [2.24, 2.45) is 0 Å². The van der Waals surface area contributed by atoms with Gasteiger partial charge in [0.1, 0.15) is 6.33 Å². The van der Waals surface area contributed by atoms with Crippen molar-refractivity contribution in [3.63, 3.8) is 0 Å². The Morgan fingerprint density at radius 1 is 1.20 bits per heavy atom. The second-order valence-electron chi connectivity index (χ2n) is 3.08. The normalized spacial score (nSPS) is 11.0. The molecule has 2 heterocycles. The van der Waals surface area contributed by atoms with E-state index in [9.17, 15) is 0 Å². The van der Waals surface area contributed by atoms with E-state index in [0.29, 0.717) is 10.8 Å². The molecule has 74 valence electrons. The van der Waals surface area contributed by atoms with E-state index < -0.39 is 0 Å². The van der Waals surface area contributed by atoms with Gasteiger partial charge in [-0.15, -0.1) is 10.2 Å². The quantitative estimate of drug-likeness (QED) is 0.679. The second-order valence-corrected chi connectivity index (χ2v) is 3.52. The van der Waals surface area contributed by atoms with Crippen LogP contribution < -0.4 is 0 Å². The Balaban J connectivity index is 2.13. The lowest BCUT2D eigenvalue weighted by Crippen LogP contribution is -1.83. The van der Waals surface area contributed by atoms with E-state index in [1.54, 1.807) is 10.8 Å². The lowest BCUT2D eigenvalue weighted by atomic mass is 10.2. The summed E-state index contributed by atoms with van der Waals surface area (Å²) in [5.74, 6) is 1.30. The maximum absolute atomic E-state index is 5.80. The minimum atomic E-state index is 0.556. The predicted molar refractivity (Wildman–Crippen MR) is 55.6 cm³/mol. The lowest BCUT2D eigenvalue weighted by molar-refractivity contribution is 0.958. The van der Waals surface area contributed by atoms with E-state index in [1.165, 1.54) is 0 Å². The second kappa shape index (κ2) is 3.06. The van der Waals surface area contributed by atoms with E-state index in [-0.39, 0.29) is 0 Å². The van der Waals surface area contributed by atoms with E-state index in [0.717, 1.165) is 11.4 Å². The molecule has 0 bridgehead atoms. The summed E-state index contributed by atoms with van der Waals surface area (Å²) in [6.07, 6.45) is 1.57. The van der Waals surface area contributed by atoms with Crippen LogP contribution in [0.15, 0.2) is 30.6 Å². The highest BCUT2D eigenvalue weighted by Crippen LogP contribution is 2.18. The van der Waals surface area contributed by atoms with Crippen LogP contribution in [0.3, 0.4) is 0 Å². The van der Waals surface area contributed by atoms with Crippen LogP contribution >= 0.6 is 11.6 Å². The molecular formula is C9H6ClN5. The molecule has 0 radical (unpaired) electrons. The van der Waals surface area contributed by atoms with E-state index in [1.807, 2.05) is 24.3 Å². The van der Waals surface area contributed by atoms with Gasteiger partial charge in [0, 0.05) is 10.6 Å². The average Bonchev–Trinajstić information content (AvgIpc) is 2.78. The minimum Gasteiger partial charge on any atom is -0.273 e. The molecule has 0 fully saturated rings. The van der Waals surface area contributed by atoms with Gasteiger partial charge < -0.3 is 0 Å². The van der Waals surface area contributed by atoms with Crippen LogP contribution in [-0.2, 0) is 0 Å². The van der Waals surface area contributed by atoms with Gasteiger partial charge in [-0.05, 0) is 24.3 Å². The summed E-state index contributed by atoms with van der Waals surface area (Å²) in [6, 6.07) is 7.43. The molecule has 0 aliphatic carbocycles. The Morgan fingerprint density at radius 3 is 2.73 bits per heavy atom. The fraction of sp³-hybridized carbons (Fsp3) is 0. The van der Waals surface area contributed by atoms with Crippen LogP contribution in [0.1, 0.15) is 0 Å². The number of rotatable bonds is 1. The highest BCUT2D eigenvalue weighted by molar-refractivity contribution is 6.30. The van der Waals surface area contributed by atoms with Gasteiger partial charge in [0.2, 0.25) is 0 Å². The summed E-state index contributed by atoms with van der Waals surface area (Å²) < 4.78 is 1.66. The molecule has 6 heteroatoms. The standard InChI is InChI=1S/C9H6ClN5/c10-7-3-1-6(2-4-7)8-12-9-13-11-5-15(9)14-8/h1-5H,(H,12,13,14). The van der Waals surface area contributed by atoms with Gasteiger partial charge in [-0.2, -0.15) is 4.98 Å². The van der Waals surface area contributed by atoms with E-state index in [4.69, 9.17) is 11.6 Å². The summed E-state index contributed by atoms with van der Waals surface area (Å²) in [7, 11) is 0. The van der Waals surface area contributed by atoms with Crippen molar-refractivity contribution < 1.29 is 0 Å². The third-order valence-corrected chi connectivity index (χ3v) is 2.34. The fourth-order valence-corrected chi connectivity index (χ4v) is 1.49. The van der Waals surface area contributed by atoms with Gasteiger partial charge in [0.05, 0.1) is 0 Å². The average molecular weight is 220 g/mol. The summed E-state index contributed by atoms with van der Waals surface area (Å²) in [5, 5.41) is 11.3. The monoisotopic (exact) mass is 219 g/mol. The number of fused-ring (bicyclic) bond motifs is 1. The maximum Gasteiger partial charge on any atom is 0.271 e. The number of H-pyrrole nitrogens is 1. The number of aromatic nitrogens is 5. The Bertz CT molecular complexity index is 566. The summed E-state index contributed by atoms with van der Waals surface area (Å²) >= 11 is 5.80. The first kappa shape index (κ1) is 8.43. The number of benzene rings is 1. The number of hydrogen-bond donors (Lipinski definition) is 1. The molecule has 1 aromatic carbocycles. The molecule has 0 saturated heterocycles. The predicted octanol–water partition coefficient (Wildman–Crippen LogP) is 1.77. The first-order valence-corrected chi connectivity index (χ1v) is 4.72. The van der Waals surface area contributed by atoms with Crippen LogP contribution in [0.25, 0.3) is 17.2 Å². The molecule has 1 N–H and O–H groups in total. The van der Waals surface area contributed by atoms with Crippen molar-refractivity contribution in [3.05, 3.63) is 35.6 Å². The van der Waals surface area contributed by atoms with Crippen LogP contribution in [0, 0.1) is 0 Å². The molecule has 0 amide bonds. The maximum atomic E-state index is 5.80. The zero-order chi connectivity index (χ0) is 10.3. The van der Waals surface area contributed by atoms with Crippen LogP contribution in [0.5, 0.6) is 0 Å². The molecule has 0 spiro atoms. The van der Waals surface area contributed by atoms with Crippen molar-refractivity contribution in [2.45, 2.75) is 0 Å². The smallest absolute Gasteiger partial charge is 0.271 e. The highest BCUT2D eigenvalue weighted by atomic mass is 35.5. The van der Waals surface area contributed by atoms with E-state index in [2.05, 4.69) is 20.3 Å². The summed E-state index contributed by atoms with van der Waals surface area (Å²) in [5.41, 5.74) is 0.963. The Morgan fingerprint density at radius 2 is 2.00 bits per heavy atom. The first-order chi connectivity index (χ1) is 7.33. The zero-order valence-corrected chi connectivity index (χ0v) is 8.31. The third kappa shape index (κ3) is 1.37. The third-order valence-electron chi connectivity index (χ3n) is 2.09. The number of nitrogens with zero attached hydrogens (tertiary/aromatic N) is 4. The number of aromatic amines is 1. The van der Waals surface area contributed by atoms with Gasteiger partial charge in [0.15, 0.2) is 5.82 Å². The van der Waals surface area contributed by atoms with Gasteiger partial charge in [-0.3, -0.25) is 5.10 Å². The topological polar surface area (TPSA) is 58.9 Å². The van der Waals surface area contributed by atoms with Crippen molar-refractivity contribution >= 4 is 17.4 Å². The summed E-state index contributed by atoms with van der Waals surface area (Å²) in [6.45, 7) is 0. The Hall–Kier alpha value is -1.88. The van der Waals surface area contributed by atoms with Gasteiger partial charge in [0.25, 0.3) is 5.78 Å². The minimum absolute atomic E-state index is 0.556. The number of nitrogens with one attached hydrogen (secondary N) is 1. The molecule has 2 aromatic heterocycles. The Kier molecular flexibility index (Phi) is 1.72. The molecule has 0 aliphatic rings. The van der Waals surface area contributed by atoms with Crippen molar-refractivity contribution in [2.75, 3.05) is 0 Å². The van der Waals surface area contributed by atoms with Crippen LogP contribution in [-0.4, -0.2) is 24.8 Å². The fourth-order valence-electron chi connectivity index (χ4n) is 1.36. The molecule has 3 rings (SSSR count). The lowest BCUT2D eigenvalue weighted by Gasteiger charge is -1.95. The van der Waals surface area contributed by atoms with Crippen molar-refractivity contribution in [1.82, 2.24) is 24.8 Å². The SMILES string of the molecule is Clc1ccc(-c2nc3nncn3[nH]2)cc1. The molecule has 0 saturated carbocycles. The van der Waals surface area contributed by atoms with E-state index >= 15 is 0 Å². The van der Waals surface area contributed by atoms with Gasteiger partial charge >= 0.3 is 0 Å². The summed E-state index contributed by atoms with van der Waals surface area (Å²) in [4.78, 5) is 4.26. The Labute approximate surface area is 89.7 Å². The number of hydrogen-bond acceptors (Lipinski definition) is 3. The van der Waals surface area contributed by atoms with Gasteiger partial charge in [-0.1, -0.05) is 11.6 Å². The van der Waals surface area contributed by atoms with Gasteiger partial charge in [-0.25, -0.2) is 4.52 Å². The first-order valence-electron chi connectivity index (χ1n) is 4.34. The molecule has 3 aromatic rings.